The summed E-state index contributed by atoms with van der Waals surface area (Å²) in [6.45, 7) is 1.52. The molecule has 0 amide bonds. The maximum absolute atomic E-state index is 13.3. The Morgan fingerprint density at radius 1 is 1.36 bits per heavy atom. The first-order valence-corrected chi connectivity index (χ1v) is 7.11. The van der Waals surface area contributed by atoms with Gasteiger partial charge in [0.15, 0.2) is 0 Å². The van der Waals surface area contributed by atoms with Crippen molar-refractivity contribution in [2.24, 2.45) is 5.73 Å². The Balaban J connectivity index is 2.30. The van der Waals surface area contributed by atoms with Crippen molar-refractivity contribution >= 4 is 11.7 Å². The van der Waals surface area contributed by atoms with E-state index in [1.165, 1.54) is 6.07 Å². The van der Waals surface area contributed by atoms with Crippen molar-refractivity contribution in [2.45, 2.75) is 31.5 Å². The monoisotopic (exact) mass is 316 g/mol. The van der Waals surface area contributed by atoms with E-state index >= 15 is 0 Å². The predicted octanol–water partition coefficient (Wildman–Crippen LogP) is 2.35. The highest BCUT2D eigenvalue weighted by Gasteiger charge is 2.35. The number of ether oxygens (including phenoxy) is 1. The average Bonchev–Trinajstić information content (AvgIpc) is 2.99. The van der Waals surface area contributed by atoms with Crippen molar-refractivity contribution < 1.29 is 22.7 Å². The Hall–Kier alpha value is -1.76. The van der Waals surface area contributed by atoms with Gasteiger partial charge in [0.05, 0.1) is 12.7 Å². The minimum absolute atomic E-state index is 0.00773. The Labute approximate surface area is 127 Å². The molecule has 0 spiro atoms. The lowest BCUT2D eigenvalue weighted by Crippen LogP contribution is -2.34. The summed E-state index contributed by atoms with van der Waals surface area (Å²) in [4.78, 5) is 13.2. The molecule has 4 nitrogen and oxygen atoms in total. The summed E-state index contributed by atoms with van der Waals surface area (Å²) in [5, 5.41) is 0. The number of hydrogen-bond acceptors (Lipinski definition) is 4. The molecule has 122 valence electrons. The van der Waals surface area contributed by atoms with Crippen LogP contribution in [0.25, 0.3) is 0 Å². The lowest BCUT2D eigenvalue weighted by Gasteiger charge is -2.22. The number of carbonyl (C=O) groups is 1. The number of carbonyl (C=O) groups excluding carboxylic acids is 1. The number of hydrogen-bond donors (Lipinski definition) is 1. The zero-order valence-corrected chi connectivity index (χ0v) is 12.3. The Morgan fingerprint density at radius 3 is 2.55 bits per heavy atom. The molecule has 0 saturated carbocycles. The van der Waals surface area contributed by atoms with E-state index in [9.17, 15) is 18.0 Å². The molecule has 1 aliphatic heterocycles. The fraction of sp³-hybridized carbons (Fsp3) is 0.533. The van der Waals surface area contributed by atoms with E-state index < -0.39 is 23.8 Å². The Morgan fingerprint density at radius 2 is 2.00 bits per heavy atom. The minimum Gasteiger partial charge on any atom is -0.468 e. The maximum Gasteiger partial charge on any atom is 0.416 e. The number of methoxy groups -OCH3 is 1. The van der Waals surface area contributed by atoms with Crippen molar-refractivity contribution in [1.82, 2.24) is 0 Å². The quantitative estimate of drug-likeness (QED) is 0.866. The highest BCUT2D eigenvalue weighted by Crippen LogP contribution is 2.35. The summed E-state index contributed by atoms with van der Waals surface area (Å²) < 4.78 is 44.3. The minimum atomic E-state index is -4.49. The molecular formula is C15H19F3N2O2. The molecule has 1 aromatic rings. The van der Waals surface area contributed by atoms with E-state index in [1.807, 2.05) is 4.90 Å². The molecule has 1 saturated heterocycles. The van der Waals surface area contributed by atoms with Crippen LogP contribution in [0.5, 0.6) is 0 Å². The summed E-state index contributed by atoms with van der Waals surface area (Å²) in [7, 11) is 1.16. The molecule has 7 heteroatoms. The highest BCUT2D eigenvalue weighted by molar-refractivity contribution is 5.75. The summed E-state index contributed by atoms with van der Waals surface area (Å²) in [5.41, 5.74) is 5.40. The van der Waals surface area contributed by atoms with Gasteiger partial charge in [-0.3, -0.25) is 4.79 Å². The smallest absolute Gasteiger partial charge is 0.416 e. The number of anilines is 1. The summed E-state index contributed by atoms with van der Waals surface area (Å²) >= 11 is 0. The van der Waals surface area contributed by atoms with Gasteiger partial charge in [0.1, 0.15) is 6.04 Å². The van der Waals surface area contributed by atoms with Gasteiger partial charge in [-0.15, -0.1) is 0 Å². The molecule has 22 heavy (non-hydrogen) atoms. The van der Waals surface area contributed by atoms with E-state index in [-0.39, 0.29) is 12.0 Å². The third-order valence-corrected chi connectivity index (χ3v) is 3.81. The number of esters is 1. The van der Waals surface area contributed by atoms with Gasteiger partial charge in [-0.05, 0) is 37.0 Å². The van der Waals surface area contributed by atoms with Crippen LogP contribution in [-0.2, 0) is 22.1 Å². The van der Waals surface area contributed by atoms with Crippen LogP contribution in [-0.4, -0.2) is 32.2 Å². The van der Waals surface area contributed by atoms with Gasteiger partial charge in [-0.25, -0.2) is 0 Å². The first kappa shape index (κ1) is 16.6. The van der Waals surface area contributed by atoms with Crippen molar-refractivity contribution in [3.05, 3.63) is 29.3 Å². The molecule has 1 atom stereocenters. The number of halogens is 3. The number of alkyl halides is 3. The van der Waals surface area contributed by atoms with Crippen molar-refractivity contribution in [1.29, 1.82) is 0 Å². The zero-order valence-electron chi connectivity index (χ0n) is 12.3. The SMILES string of the molecule is COC(=O)C(N)Cc1ccc(N2CCCC2)cc1C(F)(F)F. The predicted molar refractivity (Wildman–Crippen MR) is 76.6 cm³/mol. The van der Waals surface area contributed by atoms with Crippen LogP contribution in [0.2, 0.25) is 0 Å². The van der Waals surface area contributed by atoms with E-state index in [2.05, 4.69) is 4.74 Å². The maximum atomic E-state index is 13.3. The third kappa shape index (κ3) is 3.71. The third-order valence-electron chi connectivity index (χ3n) is 3.81. The summed E-state index contributed by atoms with van der Waals surface area (Å²) in [6.07, 6.45) is -2.73. The molecule has 1 unspecified atom stereocenters. The molecule has 1 heterocycles. The molecule has 1 aromatic carbocycles. The molecular weight excluding hydrogens is 297 g/mol. The van der Waals surface area contributed by atoms with Crippen LogP contribution in [0.1, 0.15) is 24.0 Å². The second-order valence-corrected chi connectivity index (χ2v) is 5.37. The van der Waals surface area contributed by atoms with Crippen molar-refractivity contribution in [2.75, 3.05) is 25.1 Å². The van der Waals surface area contributed by atoms with Crippen LogP contribution < -0.4 is 10.6 Å². The molecule has 0 aromatic heterocycles. The Kier molecular flexibility index (Phi) is 4.95. The van der Waals surface area contributed by atoms with Crippen LogP contribution in [0.4, 0.5) is 18.9 Å². The first-order chi connectivity index (χ1) is 10.3. The largest absolute Gasteiger partial charge is 0.468 e. The molecule has 0 aliphatic carbocycles. The fourth-order valence-corrected chi connectivity index (χ4v) is 2.65. The van der Waals surface area contributed by atoms with Crippen LogP contribution in [0.3, 0.4) is 0 Å². The van der Waals surface area contributed by atoms with Gasteiger partial charge in [0.2, 0.25) is 0 Å². The lowest BCUT2D eigenvalue weighted by molar-refractivity contribution is -0.143. The summed E-state index contributed by atoms with van der Waals surface area (Å²) in [5.74, 6) is -0.725. The van der Waals surface area contributed by atoms with Gasteiger partial charge in [0, 0.05) is 18.8 Å². The number of rotatable bonds is 4. The normalized spacial score (nSPS) is 16.7. The van der Waals surface area contributed by atoms with Crippen LogP contribution in [0, 0.1) is 0 Å². The molecule has 0 radical (unpaired) electrons. The second-order valence-electron chi connectivity index (χ2n) is 5.37. The molecule has 1 aliphatic rings. The van der Waals surface area contributed by atoms with E-state index in [0.29, 0.717) is 5.69 Å². The number of nitrogens with zero attached hydrogens (tertiary/aromatic N) is 1. The van der Waals surface area contributed by atoms with Gasteiger partial charge < -0.3 is 15.4 Å². The molecule has 2 N–H and O–H groups in total. The van der Waals surface area contributed by atoms with Gasteiger partial charge in [-0.2, -0.15) is 13.2 Å². The zero-order chi connectivity index (χ0) is 16.3. The van der Waals surface area contributed by atoms with E-state index in [4.69, 9.17) is 5.73 Å². The average molecular weight is 316 g/mol. The van der Waals surface area contributed by atoms with Crippen molar-refractivity contribution in [3.63, 3.8) is 0 Å². The lowest BCUT2D eigenvalue weighted by atomic mass is 9.99. The molecule has 0 bridgehead atoms. The topological polar surface area (TPSA) is 55.6 Å². The van der Waals surface area contributed by atoms with Gasteiger partial charge >= 0.3 is 12.1 Å². The van der Waals surface area contributed by atoms with Crippen molar-refractivity contribution in [3.8, 4) is 0 Å². The highest BCUT2D eigenvalue weighted by atomic mass is 19.4. The van der Waals surface area contributed by atoms with E-state index in [0.717, 1.165) is 39.1 Å². The first-order valence-electron chi connectivity index (χ1n) is 7.11. The van der Waals surface area contributed by atoms with Crippen LogP contribution >= 0.6 is 0 Å². The standard InChI is InChI=1S/C15H19F3N2O2/c1-22-14(21)13(19)8-10-4-5-11(20-6-2-3-7-20)9-12(10)15(16,17)18/h4-5,9,13H,2-3,6-8,19H2,1H3. The molecule has 2 rings (SSSR count). The second kappa shape index (κ2) is 6.56. The Bertz CT molecular complexity index is 540. The number of nitrogens with two attached hydrogens (primary N) is 1. The summed E-state index contributed by atoms with van der Waals surface area (Å²) in [6, 6.07) is 3.09. The van der Waals surface area contributed by atoms with Crippen LogP contribution in [0.15, 0.2) is 18.2 Å². The number of benzene rings is 1. The van der Waals surface area contributed by atoms with Gasteiger partial charge in [0.25, 0.3) is 0 Å². The van der Waals surface area contributed by atoms with Gasteiger partial charge in [-0.1, -0.05) is 6.07 Å². The fourth-order valence-electron chi connectivity index (χ4n) is 2.65. The van der Waals surface area contributed by atoms with E-state index in [1.54, 1.807) is 6.07 Å². The molecule has 1 fully saturated rings.